The Morgan fingerprint density at radius 3 is 3.10 bits per heavy atom. The Balaban J connectivity index is 1.90. The third-order valence-electron chi connectivity index (χ3n) is 3.55. The molecule has 0 radical (unpaired) electrons. The fourth-order valence-corrected chi connectivity index (χ4v) is 3.41. The second-order valence-electron chi connectivity index (χ2n) is 5.19. The number of nitrogens with zero attached hydrogens (tertiary/aromatic N) is 3. The number of hydrogen-bond acceptors (Lipinski definition) is 5. The summed E-state index contributed by atoms with van der Waals surface area (Å²) in [5.74, 6) is 0. The van der Waals surface area contributed by atoms with Crippen molar-refractivity contribution in [3.63, 3.8) is 0 Å². The molecule has 1 aliphatic carbocycles. The summed E-state index contributed by atoms with van der Waals surface area (Å²) in [5, 5.41) is 11.7. The Bertz CT molecular complexity index is 676. The average Bonchev–Trinajstić information content (AvgIpc) is 3.25. The summed E-state index contributed by atoms with van der Waals surface area (Å²) in [5.41, 5.74) is 0.999. The number of nitrogens with one attached hydrogen (secondary N) is 2. The van der Waals surface area contributed by atoms with Crippen molar-refractivity contribution < 1.29 is 0 Å². The first-order valence-corrected chi connectivity index (χ1v) is 8.05. The largest absolute Gasteiger partial charge is 0.344 e. The number of hydrogen-bond donors (Lipinski definition) is 2. The normalized spacial score (nSPS) is 16.1. The van der Waals surface area contributed by atoms with Gasteiger partial charge in [-0.2, -0.15) is 0 Å². The van der Waals surface area contributed by atoms with Gasteiger partial charge in [-0.3, -0.25) is 4.57 Å². The van der Waals surface area contributed by atoms with E-state index in [1.807, 2.05) is 6.07 Å². The highest BCUT2D eigenvalue weighted by molar-refractivity contribution is 7.99. The van der Waals surface area contributed by atoms with Crippen LogP contribution in [0.3, 0.4) is 0 Å². The van der Waals surface area contributed by atoms with Crippen LogP contribution >= 0.6 is 11.8 Å². The van der Waals surface area contributed by atoms with E-state index < -0.39 is 0 Å². The molecule has 2 N–H and O–H groups in total. The first-order chi connectivity index (χ1) is 10.2. The predicted octanol–water partition coefficient (Wildman–Crippen LogP) is 2.12. The lowest BCUT2D eigenvalue weighted by atomic mass is 10.1. The molecule has 2 heterocycles. The van der Waals surface area contributed by atoms with E-state index in [-0.39, 0.29) is 11.7 Å². The zero-order chi connectivity index (χ0) is 14.8. The molecule has 1 unspecified atom stereocenters. The third kappa shape index (κ3) is 3.03. The lowest BCUT2D eigenvalue weighted by Gasteiger charge is -2.15. The van der Waals surface area contributed by atoms with Crippen LogP contribution < -0.4 is 11.0 Å². The highest BCUT2D eigenvalue weighted by atomic mass is 32.2. The monoisotopic (exact) mass is 305 g/mol. The SMILES string of the molecule is CCNC(C)c1cccnc1Sc1n[nH]c(=O)n1C1CC1. The fourth-order valence-electron chi connectivity index (χ4n) is 2.34. The third-order valence-corrected chi connectivity index (χ3v) is 4.55. The zero-order valence-corrected chi connectivity index (χ0v) is 13.0. The smallest absolute Gasteiger partial charge is 0.310 e. The molecule has 0 aromatic carbocycles. The van der Waals surface area contributed by atoms with Gasteiger partial charge in [-0.05, 0) is 44.1 Å². The van der Waals surface area contributed by atoms with Gasteiger partial charge in [0.15, 0.2) is 5.16 Å². The Kier molecular flexibility index (Phi) is 4.12. The Morgan fingerprint density at radius 2 is 2.38 bits per heavy atom. The standard InChI is InChI=1S/C14H19N5OS/c1-3-15-9(2)11-5-4-8-16-12(11)21-14-18-17-13(20)19(14)10-6-7-10/h4-5,8-10,15H,3,6-7H2,1-2H3,(H,17,20). The summed E-state index contributed by atoms with van der Waals surface area (Å²) in [4.78, 5) is 16.3. The van der Waals surface area contributed by atoms with E-state index in [9.17, 15) is 4.79 Å². The van der Waals surface area contributed by atoms with Crippen molar-refractivity contribution in [3.8, 4) is 0 Å². The van der Waals surface area contributed by atoms with Gasteiger partial charge in [-0.15, -0.1) is 5.10 Å². The van der Waals surface area contributed by atoms with Crippen molar-refractivity contribution in [2.75, 3.05) is 6.54 Å². The molecule has 2 aromatic rings. The van der Waals surface area contributed by atoms with Crippen molar-refractivity contribution in [1.82, 2.24) is 25.1 Å². The van der Waals surface area contributed by atoms with Crippen molar-refractivity contribution in [2.24, 2.45) is 0 Å². The molecular weight excluding hydrogens is 286 g/mol. The average molecular weight is 305 g/mol. The van der Waals surface area contributed by atoms with Gasteiger partial charge < -0.3 is 5.32 Å². The van der Waals surface area contributed by atoms with Crippen molar-refractivity contribution >= 4 is 11.8 Å². The fraction of sp³-hybridized carbons (Fsp3) is 0.500. The molecule has 0 saturated heterocycles. The van der Waals surface area contributed by atoms with Crippen LogP contribution in [0.15, 0.2) is 33.3 Å². The molecule has 1 fully saturated rings. The summed E-state index contributed by atoms with van der Waals surface area (Å²) in [6.45, 7) is 5.09. The Morgan fingerprint density at radius 1 is 1.57 bits per heavy atom. The molecule has 112 valence electrons. The number of aromatic nitrogens is 4. The van der Waals surface area contributed by atoms with Gasteiger partial charge in [0.1, 0.15) is 5.03 Å². The van der Waals surface area contributed by atoms with Crippen LogP contribution in [0.25, 0.3) is 0 Å². The molecule has 6 nitrogen and oxygen atoms in total. The second kappa shape index (κ2) is 6.03. The molecule has 1 atom stereocenters. The van der Waals surface area contributed by atoms with E-state index in [0.717, 1.165) is 30.0 Å². The van der Waals surface area contributed by atoms with E-state index in [0.29, 0.717) is 11.2 Å². The molecule has 21 heavy (non-hydrogen) atoms. The molecule has 0 spiro atoms. The first-order valence-electron chi connectivity index (χ1n) is 7.23. The minimum Gasteiger partial charge on any atom is -0.310 e. The molecule has 3 rings (SSSR count). The van der Waals surface area contributed by atoms with E-state index in [4.69, 9.17) is 0 Å². The minimum absolute atomic E-state index is 0.128. The molecule has 1 aliphatic rings. The van der Waals surface area contributed by atoms with E-state index in [2.05, 4.69) is 40.4 Å². The maximum Gasteiger partial charge on any atom is 0.344 e. The zero-order valence-electron chi connectivity index (χ0n) is 12.2. The van der Waals surface area contributed by atoms with E-state index >= 15 is 0 Å². The van der Waals surface area contributed by atoms with Crippen molar-refractivity contribution in [2.45, 2.75) is 49.0 Å². The van der Waals surface area contributed by atoms with Crippen LogP contribution in [-0.2, 0) is 0 Å². The summed E-state index contributed by atoms with van der Waals surface area (Å²) in [7, 11) is 0. The summed E-state index contributed by atoms with van der Waals surface area (Å²) < 4.78 is 1.75. The van der Waals surface area contributed by atoms with Gasteiger partial charge in [0.2, 0.25) is 0 Å². The van der Waals surface area contributed by atoms with Crippen LogP contribution in [0, 0.1) is 0 Å². The van der Waals surface area contributed by atoms with Gasteiger partial charge in [0, 0.05) is 23.8 Å². The Hall–Kier alpha value is -1.60. The van der Waals surface area contributed by atoms with Crippen LogP contribution in [0.1, 0.15) is 44.3 Å². The summed E-state index contributed by atoms with van der Waals surface area (Å²) >= 11 is 1.45. The van der Waals surface area contributed by atoms with Gasteiger partial charge in [0.05, 0.1) is 0 Å². The van der Waals surface area contributed by atoms with Gasteiger partial charge in [-0.1, -0.05) is 13.0 Å². The molecule has 1 saturated carbocycles. The molecular formula is C14H19N5OS. The number of aromatic amines is 1. The molecule has 2 aromatic heterocycles. The van der Waals surface area contributed by atoms with Crippen LogP contribution in [0.2, 0.25) is 0 Å². The highest BCUT2D eigenvalue weighted by Crippen LogP contribution is 2.38. The number of rotatable bonds is 6. The molecule has 0 bridgehead atoms. The second-order valence-corrected chi connectivity index (χ2v) is 6.15. The van der Waals surface area contributed by atoms with E-state index in [1.165, 1.54) is 11.8 Å². The predicted molar refractivity (Wildman–Crippen MR) is 81.6 cm³/mol. The lowest BCUT2D eigenvalue weighted by Crippen LogP contribution is -2.19. The number of H-pyrrole nitrogens is 1. The topological polar surface area (TPSA) is 75.6 Å². The van der Waals surface area contributed by atoms with Crippen molar-refractivity contribution in [3.05, 3.63) is 34.4 Å². The maximum absolute atomic E-state index is 11.8. The molecule has 0 amide bonds. The molecule has 0 aliphatic heterocycles. The number of pyridine rings is 1. The van der Waals surface area contributed by atoms with Crippen molar-refractivity contribution in [1.29, 1.82) is 0 Å². The van der Waals surface area contributed by atoms with Crippen LogP contribution in [0.4, 0.5) is 0 Å². The van der Waals surface area contributed by atoms with Gasteiger partial charge >= 0.3 is 5.69 Å². The van der Waals surface area contributed by atoms with Gasteiger partial charge in [-0.25, -0.2) is 14.9 Å². The van der Waals surface area contributed by atoms with Crippen LogP contribution in [0.5, 0.6) is 0 Å². The highest BCUT2D eigenvalue weighted by Gasteiger charge is 2.29. The summed E-state index contributed by atoms with van der Waals surface area (Å²) in [6, 6.07) is 4.52. The maximum atomic E-state index is 11.8. The summed E-state index contributed by atoms with van der Waals surface area (Å²) in [6.07, 6.45) is 3.88. The molecule has 7 heteroatoms. The van der Waals surface area contributed by atoms with Gasteiger partial charge in [0.25, 0.3) is 0 Å². The minimum atomic E-state index is -0.128. The van der Waals surface area contributed by atoms with Crippen LogP contribution in [-0.4, -0.2) is 26.3 Å². The first kappa shape index (κ1) is 14.3. The van der Waals surface area contributed by atoms with E-state index in [1.54, 1.807) is 10.8 Å². The quantitative estimate of drug-likeness (QED) is 0.855. The lowest BCUT2D eigenvalue weighted by molar-refractivity contribution is 0.584. The Labute approximate surface area is 127 Å².